The van der Waals surface area contributed by atoms with Crippen molar-refractivity contribution in [2.45, 2.75) is 167 Å². The van der Waals surface area contributed by atoms with Gasteiger partial charge in [0.25, 0.3) is 0 Å². The molecule has 6 aliphatic rings. The van der Waals surface area contributed by atoms with Crippen molar-refractivity contribution in [2.75, 3.05) is 33.0 Å². The van der Waals surface area contributed by atoms with E-state index in [9.17, 15) is 76.0 Å². The molecule has 6 saturated heterocycles. The molecule has 6 aliphatic heterocycles. The molecule has 6 fully saturated rings. The van der Waals surface area contributed by atoms with Crippen LogP contribution in [0.5, 0.6) is 0 Å². The zero-order chi connectivity index (χ0) is 44.6. The average molecular weight is 893 g/mol. The Morgan fingerprint density at radius 3 is 1.62 bits per heavy atom. The summed E-state index contributed by atoms with van der Waals surface area (Å²) in [4.78, 5) is 25.3. The Labute approximate surface area is 346 Å². The van der Waals surface area contributed by atoms with Crippen LogP contribution in [0.15, 0.2) is 0 Å². The van der Waals surface area contributed by atoms with E-state index in [1.54, 1.807) is 0 Å². The first-order valence-corrected chi connectivity index (χ1v) is 19.5. The summed E-state index contributed by atoms with van der Waals surface area (Å²) in [5.74, 6) is -1.54. The van der Waals surface area contributed by atoms with E-state index in [0.717, 1.165) is 13.8 Å². The lowest BCUT2D eigenvalue weighted by molar-refractivity contribution is -0.387. The minimum atomic E-state index is -2.13. The minimum absolute atomic E-state index is 0.746. The molecule has 27 nitrogen and oxygen atoms in total. The van der Waals surface area contributed by atoms with Gasteiger partial charge in [-0.1, -0.05) is 0 Å². The zero-order valence-corrected chi connectivity index (χ0v) is 32.7. The largest absolute Gasteiger partial charge is 0.394 e. The number of aliphatic hydroxyl groups excluding tert-OH is 13. The van der Waals surface area contributed by atoms with Gasteiger partial charge in [0.2, 0.25) is 11.8 Å². The van der Waals surface area contributed by atoms with Crippen molar-refractivity contribution < 1.29 is 123 Å². The summed E-state index contributed by atoms with van der Waals surface area (Å²) in [6.45, 7) is -2.37. The SMILES string of the molecule is CC(=O)N[C@@H]1[C@@H]2OC[C@@H](O)[C@@H]3O[C@@H](O[C@H]4[C@H](O)[C@@H](CO)O[C@@H](O[C@H]5[C@@H](O[C@H]1[C@H](O)[C@@H](CO)O2)O[C@H](CO)[C@H](O[C@H]1O[C@@H]([C@H](O)CO)[C@H](O)[C@H]1O)[C@@H]5O)[C@@H]4NC(C)=O)[C@H](O)[C@H]3O. The maximum absolute atomic E-state index is 12.7. The van der Waals surface area contributed by atoms with Crippen LogP contribution < -0.4 is 10.6 Å². The number of amides is 2. The van der Waals surface area contributed by atoms with Crippen LogP contribution in [-0.2, 0) is 57.0 Å². The lowest BCUT2D eigenvalue weighted by Gasteiger charge is -2.51. The number of nitrogens with one attached hydrogen (secondary N) is 2. The van der Waals surface area contributed by atoms with E-state index in [1.165, 1.54) is 0 Å². The molecule has 0 aromatic carbocycles. The van der Waals surface area contributed by atoms with Gasteiger partial charge in [0.05, 0.1) is 33.0 Å². The number of rotatable bonds is 9. The Kier molecular flexibility index (Phi) is 16.3. The van der Waals surface area contributed by atoms with Crippen molar-refractivity contribution in [2.24, 2.45) is 0 Å². The lowest BCUT2D eigenvalue weighted by atomic mass is 9.94. The highest BCUT2D eigenvalue weighted by Crippen LogP contribution is 2.38. The van der Waals surface area contributed by atoms with Gasteiger partial charge < -0.3 is 124 Å². The quantitative estimate of drug-likeness (QED) is 0.102. The first kappa shape index (κ1) is 48.5. The van der Waals surface area contributed by atoms with Crippen LogP contribution in [-0.4, -0.2) is 265 Å². The molecular formula is C34H56N2O25. The predicted octanol–water partition coefficient (Wildman–Crippen LogP) is -10.6. The van der Waals surface area contributed by atoms with E-state index < -0.39 is 198 Å². The van der Waals surface area contributed by atoms with Crippen molar-refractivity contribution in [1.29, 1.82) is 0 Å². The standard InChI is InChI=1S/C34H56N2O25/c1-8(41)35-15-27-17(45)12(4-38)53-30(15)52-7-11(44)25-20(48)22(50)33(57-25)59-28-16(36-9(2)42)31(54-13(5-39)18(28)46)61-29-23(51)26(14(6-40)55-34(29)60-27)58-32-21(49)19(47)24(56-32)10(43)3-37/h10-34,37-40,43-51H,3-7H2,1-2H3,(H,35,41)(H,36,42)/t10-,11-,12-,13-,14-,15+,16-,17-,18-,19-,20-,21-,22-,23+,24+,25+,26+,27-,28-,29-,30-,31+,32-,33+,34-/m1/s1. The first-order valence-electron chi connectivity index (χ1n) is 19.5. The summed E-state index contributed by atoms with van der Waals surface area (Å²) in [7, 11) is 0. The molecule has 0 unspecified atom stereocenters. The van der Waals surface area contributed by atoms with Gasteiger partial charge in [-0.3, -0.25) is 9.59 Å². The van der Waals surface area contributed by atoms with Crippen molar-refractivity contribution in [3.05, 3.63) is 0 Å². The number of aliphatic hydroxyl groups is 13. The highest BCUT2D eigenvalue weighted by atomic mass is 16.8. The third-order valence-corrected chi connectivity index (χ3v) is 11.3. The molecule has 15 N–H and O–H groups in total. The summed E-state index contributed by atoms with van der Waals surface area (Å²) in [5, 5.41) is 145. The minimum Gasteiger partial charge on any atom is -0.394 e. The van der Waals surface area contributed by atoms with Gasteiger partial charge in [0.15, 0.2) is 31.5 Å². The highest BCUT2D eigenvalue weighted by molar-refractivity contribution is 5.73. The summed E-state index contributed by atoms with van der Waals surface area (Å²) in [5.41, 5.74) is 0. The van der Waals surface area contributed by atoms with Crippen molar-refractivity contribution in [3.63, 3.8) is 0 Å². The summed E-state index contributed by atoms with van der Waals surface area (Å²) >= 11 is 0. The second-order valence-electron chi connectivity index (χ2n) is 15.6. The number of carbonyl (C=O) groups excluding carboxylic acids is 2. The fraction of sp³-hybridized carbons (Fsp3) is 0.941. The molecule has 6 bridgehead atoms. The summed E-state index contributed by atoms with van der Waals surface area (Å²) in [6, 6.07) is -3.24. The molecule has 0 aromatic rings. The molecule has 0 saturated carbocycles. The Hall–Kier alpha value is -1.98. The van der Waals surface area contributed by atoms with Gasteiger partial charge in [-0.05, 0) is 0 Å². The third-order valence-electron chi connectivity index (χ3n) is 11.3. The van der Waals surface area contributed by atoms with Gasteiger partial charge >= 0.3 is 0 Å². The Balaban J connectivity index is 1.45. The highest BCUT2D eigenvalue weighted by Gasteiger charge is 2.59. The number of hydrogen-bond acceptors (Lipinski definition) is 25. The van der Waals surface area contributed by atoms with E-state index in [2.05, 4.69) is 10.6 Å². The molecular weight excluding hydrogens is 836 g/mol. The molecule has 352 valence electrons. The summed E-state index contributed by atoms with van der Waals surface area (Å²) in [6.07, 6.45) is -41.7. The fourth-order valence-electron chi connectivity index (χ4n) is 8.17. The zero-order valence-electron chi connectivity index (χ0n) is 32.7. The number of carbonyl (C=O) groups is 2. The predicted molar refractivity (Wildman–Crippen MR) is 186 cm³/mol. The van der Waals surface area contributed by atoms with E-state index in [-0.39, 0.29) is 0 Å². The van der Waals surface area contributed by atoms with Crippen LogP contribution in [0.2, 0.25) is 0 Å². The molecule has 2 amide bonds. The molecule has 6 heterocycles. The van der Waals surface area contributed by atoms with Gasteiger partial charge in [-0.2, -0.15) is 0 Å². The van der Waals surface area contributed by atoms with Crippen LogP contribution in [0.25, 0.3) is 0 Å². The van der Waals surface area contributed by atoms with Crippen molar-refractivity contribution in [1.82, 2.24) is 10.6 Å². The van der Waals surface area contributed by atoms with Crippen LogP contribution in [0.4, 0.5) is 0 Å². The first-order chi connectivity index (χ1) is 28.9. The second kappa shape index (κ2) is 20.5. The van der Waals surface area contributed by atoms with Gasteiger partial charge in [-0.25, -0.2) is 0 Å². The smallest absolute Gasteiger partial charge is 0.217 e. The molecule has 0 spiro atoms. The van der Waals surface area contributed by atoms with E-state index in [4.69, 9.17) is 47.4 Å². The molecule has 27 heteroatoms. The van der Waals surface area contributed by atoms with Crippen LogP contribution in [0, 0.1) is 0 Å². The Morgan fingerprint density at radius 2 is 1.07 bits per heavy atom. The third kappa shape index (κ3) is 9.99. The van der Waals surface area contributed by atoms with E-state index >= 15 is 0 Å². The van der Waals surface area contributed by atoms with Crippen molar-refractivity contribution >= 4 is 11.8 Å². The molecule has 25 atom stereocenters. The van der Waals surface area contributed by atoms with E-state index in [1.807, 2.05) is 0 Å². The van der Waals surface area contributed by atoms with Crippen molar-refractivity contribution in [3.8, 4) is 0 Å². The molecule has 0 radical (unpaired) electrons. The topological polar surface area (TPSA) is 413 Å². The normalized spacial score (nSPS) is 50.0. The van der Waals surface area contributed by atoms with E-state index in [0.29, 0.717) is 0 Å². The van der Waals surface area contributed by atoms with Gasteiger partial charge in [0.1, 0.15) is 122 Å². The summed E-state index contributed by atoms with van der Waals surface area (Å²) < 4.78 is 58.8. The molecule has 0 aliphatic carbocycles. The monoisotopic (exact) mass is 892 g/mol. The number of ether oxygens (including phenoxy) is 10. The second-order valence-corrected chi connectivity index (χ2v) is 15.6. The van der Waals surface area contributed by atoms with Gasteiger partial charge in [-0.15, -0.1) is 0 Å². The Bertz CT molecular complexity index is 1460. The van der Waals surface area contributed by atoms with Gasteiger partial charge in [0, 0.05) is 13.8 Å². The molecule has 61 heavy (non-hydrogen) atoms. The van der Waals surface area contributed by atoms with Crippen LogP contribution >= 0.6 is 0 Å². The molecule has 0 aromatic heterocycles. The number of fused-ring (bicyclic) bond motifs is 7. The van der Waals surface area contributed by atoms with Crippen LogP contribution in [0.3, 0.4) is 0 Å². The fourth-order valence-corrected chi connectivity index (χ4v) is 8.17. The number of hydrogen-bond donors (Lipinski definition) is 15. The average Bonchev–Trinajstić information content (AvgIpc) is 3.67. The Morgan fingerprint density at radius 1 is 0.557 bits per heavy atom. The lowest BCUT2D eigenvalue weighted by Crippen LogP contribution is -2.70. The maximum Gasteiger partial charge on any atom is 0.217 e. The maximum atomic E-state index is 12.7. The van der Waals surface area contributed by atoms with Crippen LogP contribution in [0.1, 0.15) is 13.8 Å². The molecule has 6 rings (SSSR count).